The Morgan fingerprint density at radius 3 is 2.62 bits per heavy atom. The highest BCUT2D eigenvalue weighted by Crippen LogP contribution is 2.23. The second kappa shape index (κ2) is 4.19. The lowest BCUT2D eigenvalue weighted by Crippen LogP contribution is -2.00. The zero-order chi connectivity index (χ0) is 11.0. The van der Waals surface area contributed by atoms with Crippen molar-refractivity contribution in [2.45, 2.75) is 0 Å². The van der Waals surface area contributed by atoms with Crippen molar-refractivity contribution in [2.75, 3.05) is 5.73 Å². The molecule has 1 heterocycles. The van der Waals surface area contributed by atoms with Gasteiger partial charge < -0.3 is 10.2 Å². The van der Waals surface area contributed by atoms with E-state index in [0.29, 0.717) is 5.39 Å². The molecule has 1 aromatic heterocycles. The number of halogens is 1. The standard InChI is InChI=1S/C9H6N2O4.ClH/c10-7-4-9(12)15-8-2-1-5(11(13)14)3-6(7)8;/h1-4H,10H2;1H. The molecule has 7 heteroatoms. The van der Waals surface area contributed by atoms with Crippen LogP contribution in [0.15, 0.2) is 33.5 Å². The van der Waals surface area contributed by atoms with E-state index >= 15 is 0 Å². The molecule has 16 heavy (non-hydrogen) atoms. The van der Waals surface area contributed by atoms with E-state index in [0.717, 1.165) is 6.07 Å². The molecule has 0 fully saturated rings. The lowest BCUT2D eigenvalue weighted by molar-refractivity contribution is -0.384. The molecule has 0 aliphatic carbocycles. The van der Waals surface area contributed by atoms with Crippen LogP contribution in [0.25, 0.3) is 11.0 Å². The molecule has 0 aliphatic rings. The molecule has 84 valence electrons. The van der Waals surface area contributed by atoms with Gasteiger partial charge >= 0.3 is 5.63 Å². The minimum Gasteiger partial charge on any atom is -0.423 e. The molecule has 2 N–H and O–H groups in total. The second-order valence-electron chi connectivity index (χ2n) is 2.96. The van der Waals surface area contributed by atoms with Crippen molar-refractivity contribution in [3.8, 4) is 0 Å². The zero-order valence-electron chi connectivity index (χ0n) is 7.88. The number of anilines is 1. The number of non-ortho nitro benzene ring substituents is 1. The van der Waals surface area contributed by atoms with E-state index in [1.54, 1.807) is 0 Å². The first kappa shape index (κ1) is 12.0. The predicted molar refractivity (Wildman–Crippen MR) is 60.8 cm³/mol. The molecule has 0 unspecified atom stereocenters. The van der Waals surface area contributed by atoms with Crippen LogP contribution in [0.3, 0.4) is 0 Å². The first-order valence-electron chi connectivity index (χ1n) is 4.06. The van der Waals surface area contributed by atoms with Gasteiger partial charge in [0, 0.05) is 23.6 Å². The third kappa shape index (κ3) is 1.96. The molecule has 2 rings (SSSR count). The summed E-state index contributed by atoms with van der Waals surface area (Å²) in [5.41, 5.74) is 5.29. The van der Waals surface area contributed by atoms with Gasteiger partial charge in [0.2, 0.25) is 0 Å². The Morgan fingerprint density at radius 1 is 1.31 bits per heavy atom. The smallest absolute Gasteiger partial charge is 0.338 e. The Balaban J connectivity index is 0.00000128. The van der Waals surface area contributed by atoms with Gasteiger partial charge in [-0.25, -0.2) is 4.79 Å². The van der Waals surface area contributed by atoms with E-state index in [1.807, 2.05) is 0 Å². The highest BCUT2D eigenvalue weighted by molar-refractivity contribution is 5.89. The maximum atomic E-state index is 10.9. The Kier molecular flexibility index (Phi) is 3.14. The fourth-order valence-corrected chi connectivity index (χ4v) is 1.29. The van der Waals surface area contributed by atoms with E-state index in [2.05, 4.69) is 0 Å². The van der Waals surface area contributed by atoms with Gasteiger partial charge in [0.25, 0.3) is 5.69 Å². The van der Waals surface area contributed by atoms with Crippen LogP contribution in [-0.2, 0) is 0 Å². The number of nitrogens with zero attached hydrogens (tertiary/aromatic N) is 1. The molecule has 0 aliphatic heterocycles. The molecule has 0 spiro atoms. The summed E-state index contributed by atoms with van der Waals surface area (Å²) in [7, 11) is 0. The maximum absolute atomic E-state index is 10.9. The van der Waals surface area contributed by atoms with Gasteiger partial charge in [-0.1, -0.05) is 0 Å². The largest absolute Gasteiger partial charge is 0.423 e. The zero-order valence-corrected chi connectivity index (χ0v) is 8.69. The molecule has 0 saturated carbocycles. The number of hydrogen-bond acceptors (Lipinski definition) is 5. The van der Waals surface area contributed by atoms with Crippen LogP contribution in [0.1, 0.15) is 0 Å². The fraction of sp³-hybridized carbons (Fsp3) is 0. The third-order valence-electron chi connectivity index (χ3n) is 1.97. The molecule has 0 bridgehead atoms. The summed E-state index contributed by atoms with van der Waals surface area (Å²) < 4.78 is 4.82. The van der Waals surface area contributed by atoms with Crippen LogP contribution in [0, 0.1) is 10.1 Å². The van der Waals surface area contributed by atoms with Gasteiger partial charge in [-0.3, -0.25) is 10.1 Å². The molecule has 0 radical (unpaired) electrons. The van der Waals surface area contributed by atoms with Crippen LogP contribution in [0.2, 0.25) is 0 Å². The number of nitro groups is 1. The molecule has 0 atom stereocenters. The predicted octanol–water partition coefficient (Wildman–Crippen LogP) is 1.71. The molecular weight excluding hydrogens is 236 g/mol. The number of hydrogen-bond donors (Lipinski definition) is 1. The van der Waals surface area contributed by atoms with Crippen molar-refractivity contribution in [2.24, 2.45) is 0 Å². The van der Waals surface area contributed by atoms with Crippen LogP contribution >= 0.6 is 12.4 Å². The van der Waals surface area contributed by atoms with E-state index in [4.69, 9.17) is 10.2 Å². The van der Waals surface area contributed by atoms with Crippen LogP contribution in [0.4, 0.5) is 11.4 Å². The van der Waals surface area contributed by atoms with Gasteiger partial charge in [-0.05, 0) is 6.07 Å². The van der Waals surface area contributed by atoms with Crippen molar-refractivity contribution in [3.63, 3.8) is 0 Å². The van der Waals surface area contributed by atoms with Crippen LogP contribution < -0.4 is 11.4 Å². The van der Waals surface area contributed by atoms with Crippen molar-refractivity contribution >= 4 is 34.8 Å². The Labute approximate surface area is 95.2 Å². The molecule has 6 nitrogen and oxygen atoms in total. The number of fused-ring (bicyclic) bond motifs is 1. The van der Waals surface area contributed by atoms with Crippen molar-refractivity contribution in [1.82, 2.24) is 0 Å². The van der Waals surface area contributed by atoms with Crippen LogP contribution in [0.5, 0.6) is 0 Å². The molecule has 0 saturated heterocycles. The average Bonchev–Trinajstić information content (AvgIpc) is 2.16. The van der Waals surface area contributed by atoms with Gasteiger partial charge in [-0.2, -0.15) is 0 Å². The van der Waals surface area contributed by atoms with Gasteiger partial charge in [-0.15, -0.1) is 12.4 Å². The highest BCUT2D eigenvalue weighted by atomic mass is 35.5. The Morgan fingerprint density at radius 2 is 2.00 bits per heavy atom. The summed E-state index contributed by atoms with van der Waals surface area (Å²) in [6.07, 6.45) is 0. The second-order valence-corrected chi connectivity index (χ2v) is 2.96. The number of rotatable bonds is 1. The van der Waals surface area contributed by atoms with Crippen LogP contribution in [-0.4, -0.2) is 4.92 Å². The maximum Gasteiger partial charge on any atom is 0.338 e. The third-order valence-corrected chi connectivity index (χ3v) is 1.97. The first-order chi connectivity index (χ1) is 7.08. The highest BCUT2D eigenvalue weighted by Gasteiger charge is 2.09. The summed E-state index contributed by atoms with van der Waals surface area (Å²) in [6, 6.07) is 4.97. The summed E-state index contributed by atoms with van der Waals surface area (Å²) in [4.78, 5) is 20.9. The van der Waals surface area contributed by atoms with E-state index in [9.17, 15) is 14.9 Å². The molecule has 0 amide bonds. The normalized spacial score (nSPS) is 9.75. The van der Waals surface area contributed by atoms with Crippen molar-refractivity contribution in [1.29, 1.82) is 0 Å². The topological polar surface area (TPSA) is 99.4 Å². The lowest BCUT2D eigenvalue weighted by Gasteiger charge is -1.99. The minimum atomic E-state index is -0.575. The van der Waals surface area contributed by atoms with E-state index < -0.39 is 10.5 Å². The lowest BCUT2D eigenvalue weighted by atomic mass is 10.2. The average molecular weight is 243 g/mol. The van der Waals surface area contributed by atoms with E-state index in [1.165, 1.54) is 18.2 Å². The van der Waals surface area contributed by atoms with Gasteiger partial charge in [0.1, 0.15) is 5.58 Å². The minimum absolute atomic E-state index is 0. The summed E-state index contributed by atoms with van der Waals surface area (Å²) in [5.74, 6) is 0. The van der Waals surface area contributed by atoms with Crippen molar-refractivity contribution in [3.05, 3.63) is 44.8 Å². The number of nitrogens with two attached hydrogens (primary N) is 1. The molecular formula is C9H7ClN2O4. The molecule has 1 aromatic carbocycles. The number of benzene rings is 1. The van der Waals surface area contributed by atoms with Gasteiger partial charge in [0.15, 0.2) is 0 Å². The fourth-order valence-electron chi connectivity index (χ4n) is 1.29. The Bertz CT molecular complexity index is 608. The Hall–Kier alpha value is -2.08. The quantitative estimate of drug-likeness (QED) is 0.466. The first-order valence-corrected chi connectivity index (χ1v) is 4.06. The SMILES string of the molecule is Cl.Nc1cc(=O)oc2ccc([N+](=O)[O-])cc12. The summed E-state index contributed by atoms with van der Waals surface area (Å²) >= 11 is 0. The monoisotopic (exact) mass is 242 g/mol. The number of nitrogen functional groups attached to an aromatic ring is 1. The van der Waals surface area contributed by atoms with Gasteiger partial charge in [0.05, 0.1) is 10.6 Å². The molecule has 2 aromatic rings. The van der Waals surface area contributed by atoms with E-state index in [-0.39, 0.29) is 29.4 Å². The number of nitro benzene ring substituents is 1. The summed E-state index contributed by atoms with van der Waals surface area (Å²) in [5, 5.41) is 10.9. The van der Waals surface area contributed by atoms with Crippen molar-refractivity contribution < 1.29 is 9.34 Å². The summed E-state index contributed by atoms with van der Waals surface area (Å²) in [6.45, 7) is 0.